The molecule has 0 bridgehead atoms. The molecule has 1 fully saturated rings. The topological polar surface area (TPSA) is 93.7 Å². The molecule has 1 aliphatic carbocycles. The number of rotatable bonds is 8. The Morgan fingerprint density at radius 1 is 1.29 bits per heavy atom. The van der Waals surface area contributed by atoms with Crippen LogP contribution in [-0.2, 0) is 16.1 Å². The molecule has 2 aliphatic rings. The highest BCUT2D eigenvalue weighted by Gasteiger charge is 2.35. The molecule has 8 nitrogen and oxygen atoms in total. The normalized spacial score (nSPS) is 14.8. The van der Waals surface area contributed by atoms with Gasteiger partial charge < -0.3 is 14.8 Å². The number of thioether (sulfide) groups is 1. The molecule has 4 rings (SSSR count). The first-order valence-electron chi connectivity index (χ1n) is 9.07. The summed E-state index contributed by atoms with van der Waals surface area (Å²) >= 11 is 2.68. The molecule has 1 N–H and O–H groups in total. The highest BCUT2D eigenvalue weighted by atomic mass is 32.2. The van der Waals surface area contributed by atoms with Crippen molar-refractivity contribution in [2.24, 2.45) is 0 Å². The predicted octanol–water partition coefficient (Wildman–Crippen LogP) is 2.58. The Balaban J connectivity index is 1.27. The fraction of sp³-hybridized carbons (Fsp3) is 0.444. The van der Waals surface area contributed by atoms with Crippen LogP contribution in [0.15, 0.2) is 22.5 Å². The number of carbonyl (C=O) groups excluding carboxylic acids is 2. The van der Waals surface area contributed by atoms with Crippen molar-refractivity contribution in [3.8, 4) is 11.5 Å². The summed E-state index contributed by atoms with van der Waals surface area (Å²) in [5.41, 5.74) is 0.943. The van der Waals surface area contributed by atoms with E-state index < -0.39 is 0 Å². The lowest BCUT2D eigenvalue weighted by atomic mass is 10.2. The van der Waals surface area contributed by atoms with Crippen molar-refractivity contribution in [1.82, 2.24) is 15.5 Å². The van der Waals surface area contributed by atoms with Gasteiger partial charge in [-0.2, -0.15) is 0 Å². The quantitative estimate of drug-likeness (QED) is 0.518. The number of anilines is 1. The highest BCUT2D eigenvalue weighted by molar-refractivity contribution is 8.01. The third-order valence-corrected chi connectivity index (χ3v) is 6.39. The maximum absolute atomic E-state index is 12.1. The number of hydrogen-bond donors (Lipinski definition) is 1. The maximum atomic E-state index is 12.1. The number of benzene rings is 1. The smallest absolute Gasteiger partial charge is 0.231 e. The maximum Gasteiger partial charge on any atom is 0.231 e. The van der Waals surface area contributed by atoms with Gasteiger partial charge in [-0.25, -0.2) is 0 Å². The van der Waals surface area contributed by atoms with Crippen molar-refractivity contribution >= 4 is 40.0 Å². The summed E-state index contributed by atoms with van der Waals surface area (Å²) in [6, 6.07) is 5.85. The Morgan fingerprint density at radius 3 is 2.89 bits per heavy atom. The highest BCUT2D eigenvalue weighted by Crippen LogP contribution is 2.36. The average molecular weight is 421 g/mol. The molecule has 28 heavy (non-hydrogen) atoms. The van der Waals surface area contributed by atoms with E-state index in [4.69, 9.17) is 9.47 Å². The van der Waals surface area contributed by atoms with E-state index in [9.17, 15) is 9.59 Å². The molecule has 2 heterocycles. The van der Waals surface area contributed by atoms with Crippen molar-refractivity contribution < 1.29 is 19.1 Å². The molecule has 148 valence electrons. The van der Waals surface area contributed by atoms with Gasteiger partial charge in [0.2, 0.25) is 23.7 Å². The molecule has 0 atom stereocenters. The van der Waals surface area contributed by atoms with Crippen LogP contribution >= 0.6 is 23.1 Å². The number of aromatic nitrogens is 2. The predicted molar refractivity (Wildman–Crippen MR) is 106 cm³/mol. The standard InChI is InChI=1S/C18H20N4O4S2/c1-2-16(24)22(12-4-5-12)17-20-21-18(28-17)27-9-15(23)19-8-11-3-6-13-14(7-11)26-10-25-13/h3,6-7,12H,2,4-5,8-10H2,1H3,(H,19,23). The number of hydrogen-bond acceptors (Lipinski definition) is 8. The van der Waals surface area contributed by atoms with Crippen molar-refractivity contribution in [2.75, 3.05) is 17.4 Å². The summed E-state index contributed by atoms with van der Waals surface area (Å²) < 4.78 is 11.3. The second-order valence-electron chi connectivity index (χ2n) is 6.45. The van der Waals surface area contributed by atoms with E-state index in [0.29, 0.717) is 28.2 Å². The van der Waals surface area contributed by atoms with Crippen LogP contribution in [0.4, 0.5) is 5.13 Å². The minimum absolute atomic E-state index is 0.0664. The molecule has 2 aromatic rings. The van der Waals surface area contributed by atoms with Gasteiger partial charge in [0, 0.05) is 19.0 Å². The van der Waals surface area contributed by atoms with E-state index >= 15 is 0 Å². The van der Waals surface area contributed by atoms with Crippen molar-refractivity contribution in [2.45, 2.75) is 43.1 Å². The van der Waals surface area contributed by atoms with Crippen LogP contribution in [0.25, 0.3) is 0 Å². The van der Waals surface area contributed by atoms with Gasteiger partial charge in [-0.1, -0.05) is 36.1 Å². The SMILES string of the molecule is CCC(=O)N(c1nnc(SCC(=O)NCc2ccc3c(c2)OCO3)s1)C1CC1. The molecule has 2 amide bonds. The first kappa shape index (κ1) is 19.0. The number of nitrogens with one attached hydrogen (secondary N) is 1. The monoisotopic (exact) mass is 420 g/mol. The van der Waals surface area contributed by atoms with Gasteiger partial charge in [0.25, 0.3) is 0 Å². The summed E-state index contributed by atoms with van der Waals surface area (Å²) in [4.78, 5) is 26.0. The van der Waals surface area contributed by atoms with Gasteiger partial charge >= 0.3 is 0 Å². The number of nitrogens with zero attached hydrogens (tertiary/aromatic N) is 3. The Labute approximate surface area is 170 Å². The molecular weight excluding hydrogens is 400 g/mol. The third-order valence-electron chi connectivity index (χ3n) is 4.34. The summed E-state index contributed by atoms with van der Waals surface area (Å²) in [6.45, 7) is 2.49. The second-order valence-corrected chi connectivity index (χ2v) is 8.63. The zero-order valence-electron chi connectivity index (χ0n) is 15.3. The lowest BCUT2D eigenvalue weighted by molar-refractivity contribution is -0.119. The van der Waals surface area contributed by atoms with Crippen LogP contribution in [0.2, 0.25) is 0 Å². The van der Waals surface area contributed by atoms with Gasteiger partial charge in [-0.3, -0.25) is 14.5 Å². The lowest BCUT2D eigenvalue weighted by Gasteiger charge is -2.17. The molecule has 1 saturated carbocycles. The van der Waals surface area contributed by atoms with Gasteiger partial charge in [0.1, 0.15) is 0 Å². The van der Waals surface area contributed by atoms with Crippen LogP contribution in [0.1, 0.15) is 31.7 Å². The van der Waals surface area contributed by atoms with Crippen LogP contribution in [0.3, 0.4) is 0 Å². The number of carbonyl (C=O) groups is 2. The van der Waals surface area contributed by atoms with E-state index in [1.807, 2.05) is 25.1 Å². The Bertz CT molecular complexity index is 884. The Kier molecular flexibility index (Phi) is 5.67. The second kappa shape index (κ2) is 8.36. The molecule has 1 aromatic carbocycles. The van der Waals surface area contributed by atoms with E-state index in [1.54, 1.807) is 4.90 Å². The number of fused-ring (bicyclic) bond motifs is 1. The van der Waals surface area contributed by atoms with E-state index in [-0.39, 0.29) is 30.4 Å². The summed E-state index contributed by atoms with van der Waals surface area (Å²) in [7, 11) is 0. The van der Waals surface area contributed by atoms with Gasteiger partial charge in [-0.15, -0.1) is 10.2 Å². The largest absolute Gasteiger partial charge is 0.454 e. The molecule has 1 aliphatic heterocycles. The Morgan fingerprint density at radius 2 is 2.11 bits per heavy atom. The lowest BCUT2D eigenvalue weighted by Crippen LogP contribution is -2.32. The van der Waals surface area contributed by atoms with E-state index in [2.05, 4.69) is 15.5 Å². The van der Waals surface area contributed by atoms with Crippen molar-refractivity contribution in [3.63, 3.8) is 0 Å². The van der Waals surface area contributed by atoms with Crippen molar-refractivity contribution in [1.29, 1.82) is 0 Å². The van der Waals surface area contributed by atoms with Crippen molar-refractivity contribution in [3.05, 3.63) is 23.8 Å². The first-order valence-corrected chi connectivity index (χ1v) is 10.9. The fourth-order valence-corrected chi connectivity index (χ4v) is 4.52. The molecule has 10 heteroatoms. The summed E-state index contributed by atoms with van der Waals surface area (Å²) in [5, 5.41) is 11.8. The van der Waals surface area contributed by atoms with Gasteiger partial charge in [-0.05, 0) is 30.5 Å². The molecular formula is C18H20N4O4S2. The van der Waals surface area contributed by atoms with Crippen LogP contribution in [0, 0.1) is 0 Å². The first-order chi connectivity index (χ1) is 13.6. The Hall–Kier alpha value is -2.33. The van der Waals surface area contributed by atoms with E-state index in [1.165, 1.54) is 23.1 Å². The van der Waals surface area contributed by atoms with Crippen LogP contribution in [0.5, 0.6) is 11.5 Å². The zero-order chi connectivity index (χ0) is 19.5. The fourth-order valence-electron chi connectivity index (χ4n) is 2.76. The molecule has 0 unspecified atom stereocenters. The summed E-state index contributed by atoms with van der Waals surface area (Å²) in [6.07, 6.45) is 2.47. The molecule has 0 radical (unpaired) electrons. The van der Waals surface area contributed by atoms with E-state index in [0.717, 1.165) is 24.2 Å². The zero-order valence-corrected chi connectivity index (χ0v) is 17.0. The summed E-state index contributed by atoms with van der Waals surface area (Å²) in [5.74, 6) is 1.63. The average Bonchev–Trinajstić information content (AvgIpc) is 3.24. The molecule has 0 saturated heterocycles. The number of amides is 2. The van der Waals surface area contributed by atoms with Crippen LogP contribution < -0.4 is 19.7 Å². The molecule has 0 spiro atoms. The minimum atomic E-state index is -0.0944. The number of ether oxygens (including phenoxy) is 2. The van der Waals surface area contributed by atoms with Gasteiger partial charge in [0.15, 0.2) is 15.8 Å². The minimum Gasteiger partial charge on any atom is -0.454 e. The molecule has 1 aromatic heterocycles. The van der Waals surface area contributed by atoms with Crippen LogP contribution in [-0.4, -0.2) is 40.6 Å². The third kappa shape index (κ3) is 4.39. The van der Waals surface area contributed by atoms with Gasteiger partial charge in [0.05, 0.1) is 5.75 Å².